The molecule has 0 radical (unpaired) electrons. The van der Waals surface area contributed by atoms with Crippen molar-refractivity contribution < 1.29 is 0 Å². The third-order valence-corrected chi connectivity index (χ3v) is 3.70. The first-order valence-electron chi connectivity index (χ1n) is 7.12. The molecule has 4 nitrogen and oxygen atoms in total. The van der Waals surface area contributed by atoms with Crippen LogP contribution in [0.15, 0.2) is 22.8 Å². The van der Waals surface area contributed by atoms with E-state index >= 15 is 0 Å². The Bertz CT molecular complexity index is 617. The number of rotatable bonds is 5. The van der Waals surface area contributed by atoms with Gasteiger partial charge in [-0.1, -0.05) is 22.9 Å². The predicted octanol–water partition coefficient (Wildman–Crippen LogP) is 4.73. The molecule has 0 spiro atoms. The number of benzene rings is 1. The molecule has 1 aromatic carbocycles. The van der Waals surface area contributed by atoms with Gasteiger partial charge in [0, 0.05) is 28.5 Å². The van der Waals surface area contributed by atoms with E-state index in [9.17, 15) is 0 Å². The van der Waals surface area contributed by atoms with Gasteiger partial charge < -0.3 is 10.6 Å². The fourth-order valence-electron chi connectivity index (χ4n) is 2.12. The minimum absolute atomic E-state index is 0.664. The quantitative estimate of drug-likeness (QED) is 0.819. The highest BCUT2D eigenvalue weighted by Crippen LogP contribution is 2.28. The Kier molecular flexibility index (Phi) is 5.17. The highest BCUT2D eigenvalue weighted by Gasteiger charge is 2.09. The molecule has 0 aliphatic rings. The Morgan fingerprint density at radius 2 is 1.76 bits per heavy atom. The van der Waals surface area contributed by atoms with E-state index in [4.69, 9.17) is 0 Å². The zero-order chi connectivity index (χ0) is 15.4. The summed E-state index contributed by atoms with van der Waals surface area (Å²) in [5, 5.41) is 6.66. The second-order valence-electron chi connectivity index (χ2n) is 5.19. The van der Waals surface area contributed by atoms with Crippen molar-refractivity contribution in [2.45, 2.75) is 34.1 Å². The Labute approximate surface area is 134 Å². The maximum absolute atomic E-state index is 4.56. The highest BCUT2D eigenvalue weighted by atomic mass is 79.9. The van der Waals surface area contributed by atoms with Crippen LogP contribution in [0, 0.1) is 20.8 Å². The van der Waals surface area contributed by atoms with Crippen LogP contribution in [0.1, 0.15) is 30.0 Å². The molecule has 2 N–H and O–H groups in total. The first-order valence-corrected chi connectivity index (χ1v) is 7.92. The number of hydrogen-bond donors (Lipinski definition) is 2. The molecular formula is C16H21BrN4. The van der Waals surface area contributed by atoms with Crippen molar-refractivity contribution in [3.8, 4) is 0 Å². The van der Waals surface area contributed by atoms with Crippen molar-refractivity contribution in [3.05, 3.63) is 39.5 Å². The lowest BCUT2D eigenvalue weighted by Gasteiger charge is -2.15. The van der Waals surface area contributed by atoms with Gasteiger partial charge in [0.15, 0.2) is 0 Å². The molecule has 0 saturated carbocycles. The maximum atomic E-state index is 4.56. The van der Waals surface area contributed by atoms with Gasteiger partial charge in [-0.05, 0) is 50.5 Å². The zero-order valence-electron chi connectivity index (χ0n) is 12.9. The third-order valence-electron chi connectivity index (χ3n) is 3.25. The topological polar surface area (TPSA) is 49.8 Å². The van der Waals surface area contributed by atoms with E-state index in [0.29, 0.717) is 5.95 Å². The smallest absolute Gasteiger partial charge is 0.224 e. The minimum atomic E-state index is 0.664. The third kappa shape index (κ3) is 3.94. The number of hydrogen-bond acceptors (Lipinski definition) is 4. The molecule has 0 saturated heterocycles. The fraction of sp³-hybridized carbons (Fsp3) is 0.375. The summed E-state index contributed by atoms with van der Waals surface area (Å²) in [6.07, 6.45) is 2.89. The monoisotopic (exact) mass is 348 g/mol. The molecule has 112 valence electrons. The van der Waals surface area contributed by atoms with Gasteiger partial charge >= 0.3 is 0 Å². The molecule has 0 atom stereocenters. The average molecular weight is 349 g/mol. The zero-order valence-corrected chi connectivity index (χ0v) is 14.5. The molecule has 5 heteroatoms. The van der Waals surface area contributed by atoms with Crippen LogP contribution in [0.5, 0.6) is 0 Å². The Balaban J connectivity index is 2.31. The standard InChI is InChI=1S/C16H21BrN4/c1-5-6-18-16-19-9-12(4)15(21-16)20-14-10(2)7-13(17)8-11(14)3/h7-9H,5-6H2,1-4H3,(H2,18,19,20,21). The average Bonchev–Trinajstić information content (AvgIpc) is 2.43. The summed E-state index contributed by atoms with van der Waals surface area (Å²) in [7, 11) is 0. The normalized spacial score (nSPS) is 10.5. The number of halogens is 1. The number of nitrogens with zero attached hydrogens (tertiary/aromatic N) is 2. The van der Waals surface area contributed by atoms with Gasteiger partial charge in [0.05, 0.1) is 0 Å². The largest absolute Gasteiger partial charge is 0.354 e. The summed E-state index contributed by atoms with van der Waals surface area (Å²) >= 11 is 3.52. The van der Waals surface area contributed by atoms with Crippen LogP contribution in [-0.4, -0.2) is 16.5 Å². The van der Waals surface area contributed by atoms with Crippen LogP contribution in [0.3, 0.4) is 0 Å². The first-order chi connectivity index (χ1) is 10.0. The Morgan fingerprint density at radius 1 is 1.10 bits per heavy atom. The second-order valence-corrected chi connectivity index (χ2v) is 6.11. The molecule has 2 rings (SSSR count). The van der Waals surface area contributed by atoms with E-state index in [1.165, 1.54) is 11.1 Å². The Morgan fingerprint density at radius 3 is 2.38 bits per heavy atom. The molecule has 2 aromatic rings. The van der Waals surface area contributed by atoms with E-state index in [2.05, 4.69) is 69.4 Å². The lowest BCUT2D eigenvalue weighted by atomic mass is 10.1. The summed E-state index contributed by atoms with van der Waals surface area (Å²) in [5.41, 5.74) is 4.49. The van der Waals surface area contributed by atoms with Gasteiger partial charge in [-0.3, -0.25) is 0 Å². The number of nitrogens with one attached hydrogen (secondary N) is 2. The summed E-state index contributed by atoms with van der Waals surface area (Å²) in [6, 6.07) is 4.20. The van der Waals surface area contributed by atoms with Crippen molar-refractivity contribution in [2.75, 3.05) is 17.2 Å². The first kappa shape index (κ1) is 15.8. The summed E-state index contributed by atoms with van der Waals surface area (Å²) < 4.78 is 1.09. The SMILES string of the molecule is CCCNc1ncc(C)c(Nc2c(C)cc(Br)cc2C)n1. The van der Waals surface area contributed by atoms with Gasteiger partial charge in [-0.2, -0.15) is 4.98 Å². The number of aryl methyl sites for hydroxylation is 3. The predicted molar refractivity (Wildman–Crippen MR) is 92.4 cm³/mol. The molecule has 0 unspecified atom stereocenters. The second kappa shape index (κ2) is 6.89. The molecule has 21 heavy (non-hydrogen) atoms. The van der Waals surface area contributed by atoms with Gasteiger partial charge in [-0.15, -0.1) is 0 Å². The van der Waals surface area contributed by atoms with E-state index in [1.807, 2.05) is 13.1 Å². The highest BCUT2D eigenvalue weighted by molar-refractivity contribution is 9.10. The molecule has 1 heterocycles. The summed E-state index contributed by atoms with van der Waals surface area (Å²) in [5.74, 6) is 1.51. The van der Waals surface area contributed by atoms with Gasteiger partial charge in [0.1, 0.15) is 5.82 Å². The van der Waals surface area contributed by atoms with Crippen LogP contribution in [0.4, 0.5) is 17.5 Å². The van der Waals surface area contributed by atoms with E-state index in [-0.39, 0.29) is 0 Å². The molecular weight excluding hydrogens is 328 g/mol. The van der Waals surface area contributed by atoms with Gasteiger partial charge in [0.2, 0.25) is 5.95 Å². The molecule has 1 aromatic heterocycles. The number of anilines is 3. The van der Waals surface area contributed by atoms with Gasteiger partial charge in [0.25, 0.3) is 0 Å². The van der Waals surface area contributed by atoms with E-state index < -0.39 is 0 Å². The van der Waals surface area contributed by atoms with Crippen molar-refractivity contribution in [2.24, 2.45) is 0 Å². The van der Waals surface area contributed by atoms with Crippen LogP contribution >= 0.6 is 15.9 Å². The molecule has 0 amide bonds. The minimum Gasteiger partial charge on any atom is -0.354 e. The van der Waals surface area contributed by atoms with E-state index in [1.54, 1.807) is 0 Å². The summed E-state index contributed by atoms with van der Waals surface area (Å²) in [6.45, 7) is 9.18. The van der Waals surface area contributed by atoms with Crippen LogP contribution in [-0.2, 0) is 0 Å². The number of aromatic nitrogens is 2. The molecule has 0 aliphatic carbocycles. The van der Waals surface area contributed by atoms with Crippen molar-refractivity contribution in [1.29, 1.82) is 0 Å². The van der Waals surface area contributed by atoms with Crippen LogP contribution in [0.2, 0.25) is 0 Å². The van der Waals surface area contributed by atoms with Crippen molar-refractivity contribution in [1.82, 2.24) is 9.97 Å². The molecule has 0 aliphatic heterocycles. The maximum Gasteiger partial charge on any atom is 0.224 e. The fourth-order valence-corrected chi connectivity index (χ4v) is 2.80. The molecule has 0 fully saturated rings. The van der Waals surface area contributed by atoms with Crippen LogP contribution < -0.4 is 10.6 Å². The lowest BCUT2D eigenvalue weighted by Crippen LogP contribution is -2.07. The van der Waals surface area contributed by atoms with Crippen molar-refractivity contribution in [3.63, 3.8) is 0 Å². The van der Waals surface area contributed by atoms with Crippen LogP contribution in [0.25, 0.3) is 0 Å². The van der Waals surface area contributed by atoms with Crippen molar-refractivity contribution >= 4 is 33.4 Å². The van der Waals surface area contributed by atoms with E-state index in [0.717, 1.165) is 34.5 Å². The van der Waals surface area contributed by atoms with Gasteiger partial charge in [-0.25, -0.2) is 4.98 Å². The lowest BCUT2D eigenvalue weighted by molar-refractivity contribution is 0.950. The Hall–Kier alpha value is -1.62. The molecule has 0 bridgehead atoms. The summed E-state index contributed by atoms with van der Waals surface area (Å²) in [4.78, 5) is 8.87.